The number of hydrogen-bond donors (Lipinski definition) is 3. The quantitative estimate of drug-likeness (QED) is 0.334. The van der Waals surface area contributed by atoms with Crippen molar-refractivity contribution in [3.8, 4) is 11.1 Å². The Labute approximate surface area is 250 Å². The van der Waals surface area contributed by atoms with Crippen LogP contribution in [0.5, 0.6) is 0 Å². The van der Waals surface area contributed by atoms with Crippen LogP contribution in [-0.4, -0.2) is 74.3 Å². The smallest absolute Gasteiger partial charge is 0.248 e. The van der Waals surface area contributed by atoms with E-state index < -0.39 is 18.0 Å². The molecule has 1 aliphatic carbocycles. The van der Waals surface area contributed by atoms with Gasteiger partial charge < -0.3 is 26.3 Å². The van der Waals surface area contributed by atoms with Crippen LogP contribution >= 0.6 is 15.9 Å². The summed E-state index contributed by atoms with van der Waals surface area (Å²) < 4.78 is 0.606. The van der Waals surface area contributed by atoms with Gasteiger partial charge in [0.25, 0.3) is 0 Å². The molecule has 1 saturated carbocycles. The summed E-state index contributed by atoms with van der Waals surface area (Å²) in [5.41, 5.74) is 12.1. The molecule has 4 atom stereocenters. The third-order valence-corrected chi connectivity index (χ3v) is 8.96. The van der Waals surface area contributed by atoms with Gasteiger partial charge in [0.1, 0.15) is 22.5 Å². The maximum Gasteiger partial charge on any atom is 0.248 e. The number of hydrazine groups is 1. The highest BCUT2D eigenvalue weighted by Gasteiger charge is 2.56. The summed E-state index contributed by atoms with van der Waals surface area (Å²) in [7, 11) is 0. The number of piperidine rings is 1. The van der Waals surface area contributed by atoms with Crippen LogP contribution in [0.15, 0.2) is 53.4 Å². The fraction of sp³-hybridized carbons (Fsp3) is 0.379. The second-order valence-electron chi connectivity index (χ2n) is 11.3. The van der Waals surface area contributed by atoms with Crippen molar-refractivity contribution in [2.45, 2.75) is 43.8 Å². The minimum absolute atomic E-state index is 0.0239. The number of nitrogens with two attached hydrogens (primary N) is 1. The van der Waals surface area contributed by atoms with Crippen LogP contribution in [0.25, 0.3) is 11.1 Å². The van der Waals surface area contributed by atoms with Gasteiger partial charge in [0.2, 0.25) is 23.7 Å². The van der Waals surface area contributed by atoms with Crippen molar-refractivity contribution >= 4 is 51.1 Å². The first-order valence-corrected chi connectivity index (χ1v) is 14.9. The normalized spacial score (nSPS) is 24.2. The van der Waals surface area contributed by atoms with Crippen LogP contribution < -0.4 is 21.4 Å². The van der Waals surface area contributed by atoms with Crippen molar-refractivity contribution in [3.63, 3.8) is 0 Å². The lowest BCUT2D eigenvalue weighted by molar-refractivity contribution is -0.139. The zero-order valence-corrected chi connectivity index (χ0v) is 24.3. The van der Waals surface area contributed by atoms with E-state index in [4.69, 9.17) is 5.73 Å². The van der Waals surface area contributed by atoms with E-state index in [0.717, 1.165) is 49.4 Å². The van der Waals surface area contributed by atoms with Gasteiger partial charge >= 0.3 is 0 Å². The Balaban J connectivity index is 1.07. The molecule has 12 nitrogen and oxygen atoms in total. The van der Waals surface area contributed by atoms with Gasteiger partial charge in [-0.15, -0.1) is 0 Å². The first-order chi connectivity index (χ1) is 20.4. The highest BCUT2D eigenvalue weighted by atomic mass is 79.9. The monoisotopic (exact) mass is 631 g/mol. The molecule has 216 valence electrons. The number of rotatable bonds is 7. The van der Waals surface area contributed by atoms with Crippen LogP contribution in [0, 0.1) is 5.92 Å². The van der Waals surface area contributed by atoms with Crippen molar-refractivity contribution < 1.29 is 14.4 Å². The van der Waals surface area contributed by atoms with Crippen molar-refractivity contribution in [2.75, 3.05) is 35.3 Å². The number of halogens is 1. The third kappa shape index (κ3) is 4.96. The van der Waals surface area contributed by atoms with Crippen LogP contribution in [0.1, 0.15) is 37.3 Å². The molecule has 3 aromatic rings. The summed E-state index contributed by atoms with van der Waals surface area (Å²) in [5, 5.41) is 4.40. The number of pyridine rings is 1. The number of primary amides is 1. The number of amides is 3. The topological polar surface area (TPSA) is 150 Å². The SMILES string of the molecule is NC(=O)C1c2cc(-c3cnc(N4CCCC4)nc3)ccc2NN1CC(=O)N1[C@@H]2C[C@@H]2C[C@H]1C(=O)Nc1cccc(Br)n1. The van der Waals surface area contributed by atoms with Gasteiger partial charge in [-0.05, 0) is 77.4 Å². The third-order valence-electron chi connectivity index (χ3n) is 8.52. The van der Waals surface area contributed by atoms with Crippen molar-refractivity contribution in [1.29, 1.82) is 0 Å². The lowest BCUT2D eigenvalue weighted by atomic mass is 10.00. The number of likely N-dealkylation sites (tertiary alicyclic amines) is 1. The molecule has 13 heteroatoms. The van der Waals surface area contributed by atoms with Gasteiger partial charge in [0.05, 0.1) is 12.2 Å². The second kappa shape index (κ2) is 10.6. The number of nitrogens with one attached hydrogen (secondary N) is 2. The molecule has 42 heavy (non-hydrogen) atoms. The van der Waals surface area contributed by atoms with E-state index in [1.165, 1.54) is 0 Å². The van der Waals surface area contributed by atoms with Crippen LogP contribution in [-0.2, 0) is 14.4 Å². The molecule has 2 aromatic heterocycles. The minimum atomic E-state index is -0.857. The van der Waals surface area contributed by atoms with Gasteiger partial charge in [-0.1, -0.05) is 12.1 Å². The fourth-order valence-electron chi connectivity index (χ4n) is 6.41. The van der Waals surface area contributed by atoms with Crippen LogP contribution in [0.3, 0.4) is 0 Å². The first kappa shape index (κ1) is 26.8. The number of benzene rings is 1. The fourth-order valence-corrected chi connectivity index (χ4v) is 6.75. The highest BCUT2D eigenvalue weighted by molar-refractivity contribution is 9.10. The molecule has 3 amide bonds. The van der Waals surface area contributed by atoms with Gasteiger partial charge in [0, 0.05) is 42.7 Å². The van der Waals surface area contributed by atoms with E-state index in [1.54, 1.807) is 40.5 Å². The predicted octanol–water partition coefficient (Wildman–Crippen LogP) is 2.70. The standard InChI is InChI=1S/C29H30BrN9O3/c30-23-4-3-5-24(34-23)35-28(42)22-12-17-11-21(17)39(22)25(40)15-38-26(27(31)41)19-10-16(6-7-20(19)36-38)18-13-32-29(33-14-18)37-8-1-2-9-37/h3-7,10,13-14,17,21-22,26,36H,1-2,8-9,11-12,15H2,(H2,31,41)(H,34,35,42)/t17-,21-,22+,26?/m1/s1. The number of aromatic nitrogens is 3. The van der Waals surface area contributed by atoms with Crippen molar-refractivity contribution in [2.24, 2.45) is 11.7 Å². The molecule has 1 aromatic carbocycles. The Morgan fingerprint density at radius 1 is 1.05 bits per heavy atom. The Morgan fingerprint density at radius 3 is 2.57 bits per heavy atom. The first-order valence-electron chi connectivity index (χ1n) is 14.1. The van der Waals surface area contributed by atoms with E-state index in [1.807, 2.05) is 18.2 Å². The van der Waals surface area contributed by atoms with Gasteiger partial charge in [0.15, 0.2) is 0 Å². The van der Waals surface area contributed by atoms with Crippen molar-refractivity contribution in [3.05, 3.63) is 59.0 Å². The Kier molecular flexibility index (Phi) is 6.77. The molecular weight excluding hydrogens is 602 g/mol. The molecule has 3 fully saturated rings. The molecule has 2 saturated heterocycles. The average molecular weight is 633 g/mol. The van der Waals surface area contributed by atoms with Gasteiger partial charge in [-0.2, -0.15) is 5.01 Å². The molecule has 0 radical (unpaired) electrons. The van der Waals surface area contributed by atoms with Crippen molar-refractivity contribution in [1.82, 2.24) is 24.9 Å². The van der Waals surface area contributed by atoms with Crippen LogP contribution in [0.4, 0.5) is 17.5 Å². The van der Waals surface area contributed by atoms with Crippen LogP contribution in [0.2, 0.25) is 0 Å². The molecule has 0 bridgehead atoms. The summed E-state index contributed by atoms with van der Waals surface area (Å²) >= 11 is 3.31. The highest BCUT2D eigenvalue weighted by Crippen LogP contribution is 2.48. The summed E-state index contributed by atoms with van der Waals surface area (Å²) in [6.07, 6.45) is 7.35. The van der Waals surface area contributed by atoms with Gasteiger partial charge in [-0.3, -0.25) is 14.4 Å². The molecular formula is C29H30BrN9O3. The molecule has 0 spiro atoms. The Hall–Kier alpha value is -4.10. The van der Waals surface area contributed by atoms with Gasteiger partial charge in [-0.25, -0.2) is 15.0 Å². The zero-order valence-electron chi connectivity index (χ0n) is 22.7. The molecule has 7 rings (SSSR count). The number of fused-ring (bicyclic) bond motifs is 2. The Bertz CT molecular complexity index is 1560. The molecule has 1 unspecified atom stereocenters. The summed E-state index contributed by atoms with van der Waals surface area (Å²) in [6, 6.07) is 9.51. The van der Waals surface area contributed by atoms with E-state index in [0.29, 0.717) is 34.0 Å². The molecule has 5 heterocycles. The summed E-state index contributed by atoms with van der Waals surface area (Å²) in [6.45, 7) is 1.81. The van der Waals surface area contributed by atoms with E-state index in [2.05, 4.69) is 46.5 Å². The number of carbonyl (C=O) groups excluding carboxylic acids is 3. The largest absolute Gasteiger partial charge is 0.368 e. The number of anilines is 3. The lowest BCUT2D eigenvalue weighted by Gasteiger charge is -2.30. The minimum Gasteiger partial charge on any atom is -0.368 e. The predicted molar refractivity (Wildman–Crippen MR) is 159 cm³/mol. The number of carbonyl (C=O) groups is 3. The number of nitrogens with zero attached hydrogens (tertiary/aromatic N) is 6. The lowest BCUT2D eigenvalue weighted by Crippen LogP contribution is -2.50. The average Bonchev–Trinajstić information content (AvgIpc) is 3.33. The molecule has 3 aliphatic heterocycles. The van der Waals surface area contributed by atoms with E-state index in [9.17, 15) is 14.4 Å². The second-order valence-corrected chi connectivity index (χ2v) is 12.1. The summed E-state index contributed by atoms with van der Waals surface area (Å²) in [4.78, 5) is 56.8. The Morgan fingerprint density at radius 2 is 1.83 bits per heavy atom. The maximum atomic E-state index is 13.7. The summed E-state index contributed by atoms with van der Waals surface area (Å²) in [5.74, 6) is 0.358. The zero-order chi connectivity index (χ0) is 29.0. The maximum absolute atomic E-state index is 13.7. The molecule has 4 N–H and O–H groups in total. The van der Waals surface area contributed by atoms with E-state index >= 15 is 0 Å². The molecule has 4 aliphatic rings. The number of hydrogen-bond acceptors (Lipinski definition) is 9. The van der Waals surface area contributed by atoms with E-state index in [-0.39, 0.29) is 24.4 Å².